The van der Waals surface area contributed by atoms with Crippen LogP contribution in [0, 0.1) is 10.1 Å². The van der Waals surface area contributed by atoms with Gasteiger partial charge in [0, 0.05) is 4.91 Å². The van der Waals surface area contributed by atoms with Crippen molar-refractivity contribution in [3.8, 4) is 0 Å². The zero-order valence-corrected chi connectivity index (χ0v) is 5.17. The van der Waals surface area contributed by atoms with Gasteiger partial charge in [0.1, 0.15) is 4.92 Å². The van der Waals surface area contributed by atoms with E-state index in [1.807, 2.05) is 0 Å². The average Bonchev–Trinajstić information content (AvgIpc) is 2.36. The summed E-state index contributed by atoms with van der Waals surface area (Å²) >= 11 is 0. The Morgan fingerprint density at radius 1 is 1.82 bits per heavy atom. The Balaban J connectivity index is 3.15. The molecule has 0 aliphatic rings. The van der Waals surface area contributed by atoms with Crippen LogP contribution < -0.4 is 0 Å². The fraction of sp³-hybridized carbons (Fsp3) is 0. The third kappa shape index (κ3) is 1.28. The van der Waals surface area contributed by atoms with Crippen LogP contribution in [0.3, 0.4) is 0 Å². The Hall–Kier alpha value is -2.01. The van der Waals surface area contributed by atoms with Gasteiger partial charge in [-0.15, -0.1) is 0 Å². The van der Waals surface area contributed by atoms with Gasteiger partial charge >= 0.3 is 5.88 Å². The van der Waals surface area contributed by atoms with Gasteiger partial charge in [-0.05, 0) is 16.7 Å². The van der Waals surface area contributed by atoms with Crippen LogP contribution in [0.5, 0.6) is 0 Å². The fourth-order valence-electron chi connectivity index (χ4n) is 0.555. The van der Waals surface area contributed by atoms with Gasteiger partial charge in [-0.3, -0.25) is 10.1 Å². The van der Waals surface area contributed by atoms with Crippen molar-refractivity contribution in [3.63, 3.8) is 0 Å². The summed E-state index contributed by atoms with van der Waals surface area (Å²) in [5.41, 5.74) is 7.82. The van der Waals surface area contributed by atoms with E-state index >= 15 is 0 Å². The van der Waals surface area contributed by atoms with Crippen LogP contribution in [0.4, 0.5) is 11.6 Å². The molecule has 0 bridgehead atoms. The summed E-state index contributed by atoms with van der Waals surface area (Å²) < 4.78 is 4.41. The summed E-state index contributed by atoms with van der Waals surface area (Å²) in [6.45, 7) is 0. The number of azide groups is 1. The molecule has 0 unspecified atom stereocenters. The Bertz CT molecular complexity index is 307. The first-order valence-electron chi connectivity index (χ1n) is 2.52. The lowest BCUT2D eigenvalue weighted by Gasteiger charge is -1.82. The van der Waals surface area contributed by atoms with Crippen molar-refractivity contribution in [3.05, 3.63) is 32.9 Å². The third-order valence-electron chi connectivity index (χ3n) is 0.943. The summed E-state index contributed by atoms with van der Waals surface area (Å²) in [6.07, 6.45) is 1.09. The molecule has 0 fully saturated rings. The van der Waals surface area contributed by atoms with E-state index in [9.17, 15) is 10.1 Å². The van der Waals surface area contributed by atoms with Gasteiger partial charge in [0.25, 0.3) is 0 Å². The molecule has 1 aromatic rings. The smallest absolute Gasteiger partial charge is 0.409 e. The van der Waals surface area contributed by atoms with Gasteiger partial charge in [0.05, 0.1) is 6.26 Å². The maximum atomic E-state index is 10.1. The van der Waals surface area contributed by atoms with Crippen molar-refractivity contribution >= 4 is 11.6 Å². The second-order valence-electron chi connectivity index (χ2n) is 1.56. The SMILES string of the molecule is [N-]=[N+]=Nc1ccoc1[N+](=O)[O-]. The van der Waals surface area contributed by atoms with E-state index in [4.69, 9.17) is 5.53 Å². The highest BCUT2D eigenvalue weighted by atomic mass is 16.6. The largest absolute Gasteiger partial charge is 0.442 e. The first kappa shape index (κ1) is 7.10. The predicted molar refractivity (Wildman–Crippen MR) is 34.2 cm³/mol. The van der Waals surface area contributed by atoms with E-state index in [1.165, 1.54) is 6.07 Å². The minimum absolute atomic E-state index is 0.113. The second kappa shape index (κ2) is 2.72. The van der Waals surface area contributed by atoms with Gasteiger partial charge in [-0.1, -0.05) is 0 Å². The number of rotatable bonds is 2. The molecule has 1 rings (SSSR count). The molecule has 0 spiro atoms. The molecule has 1 heterocycles. The summed E-state index contributed by atoms with van der Waals surface area (Å²) in [7, 11) is 0. The van der Waals surface area contributed by atoms with Gasteiger partial charge in [-0.2, -0.15) is 0 Å². The highest BCUT2D eigenvalue weighted by Crippen LogP contribution is 2.27. The molecule has 0 radical (unpaired) electrons. The number of hydrogen-bond donors (Lipinski definition) is 0. The van der Waals surface area contributed by atoms with Crippen molar-refractivity contribution in [2.24, 2.45) is 5.11 Å². The van der Waals surface area contributed by atoms with Gasteiger partial charge in [0.2, 0.25) is 0 Å². The molecule has 0 aliphatic carbocycles. The molecule has 0 N–H and O–H groups in total. The van der Waals surface area contributed by atoms with Crippen LogP contribution in [0.25, 0.3) is 10.4 Å². The molecule has 56 valence electrons. The zero-order chi connectivity index (χ0) is 8.27. The Labute approximate surface area is 60.0 Å². The van der Waals surface area contributed by atoms with Crippen LogP contribution >= 0.6 is 0 Å². The van der Waals surface area contributed by atoms with E-state index in [-0.39, 0.29) is 5.69 Å². The molecule has 11 heavy (non-hydrogen) atoms. The van der Waals surface area contributed by atoms with Crippen LogP contribution in [0.1, 0.15) is 0 Å². The van der Waals surface area contributed by atoms with E-state index in [0.717, 1.165) is 6.26 Å². The average molecular weight is 154 g/mol. The number of nitro groups is 1. The van der Waals surface area contributed by atoms with E-state index < -0.39 is 10.8 Å². The lowest BCUT2D eigenvalue weighted by Crippen LogP contribution is -1.83. The van der Waals surface area contributed by atoms with Gasteiger partial charge in [0.15, 0.2) is 5.69 Å². The second-order valence-corrected chi connectivity index (χ2v) is 1.56. The molecule has 0 atom stereocenters. The van der Waals surface area contributed by atoms with Crippen molar-refractivity contribution in [2.75, 3.05) is 0 Å². The van der Waals surface area contributed by atoms with Gasteiger partial charge < -0.3 is 4.42 Å². The molecule has 0 aliphatic heterocycles. The van der Waals surface area contributed by atoms with Gasteiger partial charge in [-0.25, -0.2) is 0 Å². The summed E-state index contributed by atoms with van der Waals surface area (Å²) in [6, 6.07) is 1.22. The summed E-state index contributed by atoms with van der Waals surface area (Å²) in [5, 5.41) is 13.1. The van der Waals surface area contributed by atoms with Crippen LogP contribution in [0.2, 0.25) is 0 Å². The van der Waals surface area contributed by atoms with Crippen LogP contribution in [-0.4, -0.2) is 4.92 Å². The van der Waals surface area contributed by atoms with Crippen molar-refractivity contribution < 1.29 is 9.34 Å². The predicted octanol–water partition coefficient (Wildman–Crippen LogP) is 2.13. The third-order valence-corrected chi connectivity index (χ3v) is 0.943. The monoisotopic (exact) mass is 154 g/mol. The molecule has 0 aromatic carbocycles. The molecular weight excluding hydrogens is 152 g/mol. The molecular formula is C4H2N4O3. The summed E-state index contributed by atoms with van der Waals surface area (Å²) in [5.74, 6) is -0.539. The van der Waals surface area contributed by atoms with Crippen molar-refractivity contribution in [2.45, 2.75) is 0 Å². The first-order chi connectivity index (χ1) is 5.25. The number of hydrogen-bond acceptors (Lipinski definition) is 4. The molecule has 7 heteroatoms. The standard InChI is InChI=1S/C4H2N4O3/c5-7-6-3-1-2-11-4(3)8(9)10/h1-2H. The highest BCUT2D eigenvalue weighted by molar-refractivity contribution is 5.49. The quantitative estimate of drug-likeness (QED) is 0.214. The molecule has 1 aromatic heterocycles. The first-order valence-corrected chi connectivity index (χ1v) is 2.52. The Morgan fingerprint density at radius 2 is 2.55 bits per heavy atom. The minimum Gasteiger partial charge on any atom is -0.409 e. The molecule has 0 saturated carbocycles. The van der Waals surface area contributed by atoms with Crippen LogP contribution in [-0.2, 0) is 0 Å². The maximum Gasteiger partial charge on any atom is 0.442 e. The molecule has 7 nitrogen and oxygen atoms in total. The minimum atomic E-state index is -0.760. The van der Waals surface area contributed by atoms with Crippen molar-refractivity contribution in [1.29, 1.82) is 0 Å². The fourth-order valence-corrected chi connectivity index (χ4v) is 0.555. The Morgan fingerprint density at radius 3 is 3.09 bits per heavy atom. The normalized spacial score (nSPS) is 8.73. The number of furan rings is 1. The van der Waals surface area contributed by atoms with Crippen LogP contribution in [0.15, 0.2) is 21.9 Å². The van der Waals surface area contributed by atoms with E-state index in [0.29, 0.717) is 0 Å². The highest BCUT2D eigenvalue weighted by Gasteiger charge is 2.15. The topological polar surface area (TPSA) is 105 Å². The molecule has 0 amide bonds. The van der Waals surface area contributed by atoms with E-state index in [2.05, 4.69) is 14.4 Å². The Kier molecular flexibility index (Phi) is 1.75. The zero-order valence-electron chi connectivity index (χ0n) is 5.17. The lowest BCUT2D eigenvalue weighted by atomic mass is 10.5. The lowest BCUT2D eigenvalue weighted by molar-refractivity contribution is -0.401. The van der Waals surface area contributed by atoms with E-state index in [1.54, 1.807) is 0 Å². The molecule has 0 saturated heterocycles. The van der Waals surface area contributed by atoms with Crippen molar-refractivity contribution in [1.82, 2.24) is 0 Å². The maximum absolute atomic E-state index is 10.1. The number of nitrogens with zero attached hydrogens (tertiary/aromatic N) is 4. The summed E-state index contributed by atoms with van der Waals surface area (Å²) in [4.78, 5) is 11.7.